The molecule has 3 aromatic rings. The van der Waals surface area contributed by atoms with Crippen molar-refractivity contribution < 1.29 is 0 Å². The van der Waals surface area contributed by atoms with Crippen molar-refractivity contribution >= 4 is 34.4 Å². The normalized spacial score (nSPS) is 10.9. The highest BCUT2D eigenvalue weighted by Gasteiger charge is 2.08. The van der Waals surface area contributed by atoms with Gasteiger partial charge in [0.25, 0.3) is 5.56 Å². The van der Waals surface area contributed by atoms with Crippen molar-refractivity contribution in [1.29, 1.82) is 0 Å². The van der Waals surface area contributed by atoms with Crippen LogP contribution in [0.15, 0.2) is 46.2 Å². The van der Waals surface area contributed by atoms with Gasteiger partial charge in [0.15, 0.2) is 0 Å². The first-order chi connectivity index (χ1) is 8.27. The molecule has 0 atom stereocenters. The van der Waals surface area contributed by atoms with E-state index in [1.54, 1.807) is 16.8 Å². The Bertz CT molecular complexity index is 748. The van der Waals surface area contributed by atoms with Crippen LogP contribution in [0.4, 0.5) is 0 Å². The highest BCUT2D eigenvalue weighted by molar-refractivity contribution is 7.80. The number of rotatable bonds is 1. The van der Waals surface area contributed by atoms with Crippen LogP contribution in [0.2, 0.25) is 0 Å². The fraction of sp³-hybridized carbons (Fsp3) is 0. The maximum Gasteiger partial charge on any atom is 0.276 e. The van der Waals surface area contributed by atoms with E-state index in [1.807, 2.05) is 24.3 Å². The van der Waals surface area contributed by atoms with E-state index in [-0.39, 0.29) is 5.56 Å². The number of para-hydroxylation sites is 1. The standard InChI is InChI=1S/C11H7N3OS2/c15-11-10-7(12-13-17-10)5-6-14(11)8-3-1-2-4-9(8)16/h1-6,16H. The number of nitrogens with zero attached hydrogens (tertiary/aromatic N) is 3. The summed E-state index contributed by atoms with van der Waals surface area (Å²) in [5.41, 5.74) is 1.28. The summed E-state index contributed by atoms with van der Waals surface area (Å²) in [6.45, 7) is 0. The van der Waals surface area contributed by atoms with Crippen LogP contribution in [0, 0.1) is 0 Å². The molecule has 1 aromatic carbocycles. The zero-order valence-corrected chi connectivity index (χ0v) is 10.3. The smallest absolute Gasteiger partial charge is 0.276 e. The van der Waals surface area contributed by atoms with E-state index in [4.69, 9.17) is 0 Å². The van der Waals surface area contributed by atoms with Gasteiger partial charge in [-0.15, -0.1) is 17.7 Å². The van der Waals surface area contributed by atoms with E-state index in [0.717, 1.165) is 22.1 Å². The lowest BCUT2D eigenvalue weighted by atomic mass is 10.3. The minimum Gasteiger partial charge on any atom is -0.282 e. The number of hydrogen-bond donors (Lipinski definition) is 1. The Morgan fingerprint density at radius 2 is 2.06 bits per heavy atom. The first-order valence-corrected chi connectivity index (χ1v) is 6.11. The quantitative estimate of drug-likeness (QED) is 0.683. The van der Waals surface area contributed by atoms with Crippen molar-refractivity contribution in [3.8, 4) is 5.69 Å². The summed E-state index contributed by atoms with van der Waals surface area (Å²) < 4.78 is 5.90. The van der Waals surface area contributed by atoms with Crippen LogP contribution < -0.4 is 5.56 Å². The van der Waals surface area contributed by atoms with Crippen molar-refractivity contribution in [2.45, 2.75) is 4.90 Å². The molecule has 0 amide bonds. The molecule has 0 saturated heterocycles. The summed E-state index contributed by atoms with van der Waals surface area (Å²) in [6.07, 6.45) is 1.70. The van der Waals surface area contributed by atoms with Gasteiger partial charge < -0.3 is 0 Å². The molecule has 2 aromatic heterocycles. The summed E-state index contributed by atoms with van der Waals surface area (Å²) in [5.74, 6) is 0. The van der Waals surface area contributed by atoms with Crippen molar-refractivity contribution in [1.82, 2.24) is 14.2 Å². The Morgan fingerprint density at radius 3 is 2.88 bits per heavy atom. The topological polar surface area (TPSA) is 47.8 Å². The van der Waals surface area contributed by atoms with E-state index in [9.17, 15) is 4.79 Å². The second-order valence-corrected chi connectivity index (χ2v) is 4.70. The van der Waals surface area contributed by atoms with Crippen LogP contribution in [0.5, 0.6) is 0 Å². The number of fused-ring (bicyclic) bond motifs is 1. The molecule has 0 unspecified atom stereocenters. The van der Waals surface area contributed by atoms with E-state index in [0.29, 0.717) is 10.2 Å². The molecule has 0 N–H and O–H groups in total. The zero-order chi connectivity index (χ0) is 11.8. The minimum atomic E-state index is -0.112. The van der Waals surface area contributed by atoms with Gasteiger partial charge in [-0.25, -0.2) is 0 Å². The lowest BCUT2D eigenvalue weighted by Gasteiger charge is -2.07. The molecule has 0 saturated carbocycles. The van der Waals surface area contributed by atoms with Gasteiger partial charge in [0.05, 0.1) is 5.69 Å². The maximum absolute atomic E-state index is 12.2. The molecule has 0 radical (unpaired) electrons. The lowest BCUT2D eigenvalue weighted by Crippen LogP contribution is -2.17. The highest BCUT2D eigenvalue weighted by atomic mass is 32.1. The van der Waals surface area contributed by atoms with E-state index < -0.39 is 0 Å². The van der Waals surface area contributed by atoms with Gasteiger partial charge in [0.2, 0.25) is 0 Å². The summed E-state index contributed by atoms with van der Waals surface area (Å²) in [6, 6.07) is 9.23. The molecule has 0 bridgehead atoms. The molecule has 0 fully saturated rings. The second-order valence-electron chi connectivity index (χ2n) is 3.47. The molecule has 3 rings (SSSR count). The number of thiol groups is 1. The van der Waals surface area contributed by atoms with Crippen LogP contribution in [0.1, 0.15) is 0 Å². The van der Waals surface area contributed by atoms with Crippen LogP contribution in [-0.2, 0) is 0 Å². The average molecular weight is 261 g/mol. The molecule has 84 valence electrons. The van der Waals surface area contributed by atoms with Crippen LogP contribution in [-0.4, -0.2) is 14.2 Å². The Kier molecular flexibility index (Phi) is 2.45. The van der Waals surface area contributed by atoms with Gasteiger partial charge in [0, 0.05) is 11.1 Å². The van der Waals surface area contributed by atoms with E-state index in [2.05, 4.69) is 22.2 Å². The fourth-order valence-electron chi connectivity index (χ4n) is 1.63. The van der Waals surface area contributed by atoms with E-state index >= 15 is 0 Å². The summed E-state index contributed by atoms with van der Waals surface area (Å²) in [5, 5.41) is 3.87. The van der Waals surface area contributed by atoms with Gasteiger partial charge in [-0.1, -0.05) is 16.6 Å². The van der Waals surface area contributed by atoms with Gasteiger partial charge >= 0.3 is 0 Å². The monoisotopic (exact) mass is 261 g/mol. The number of pyridine rings is 1. The van der Waals surface area contributed by atoms with Crippen molar-refractivity contribution in [2.75, 3.05) is 0 Å². The first kappa shape index (κ1) is 10.5. The van der Waals surface area contributed by atoms with Crippen LogP contribution in [0.3, 0.4) is 0 Å². The van der Waals surface area contributed by atoms with Gasteiger partial charge in [-0.3, -0.25) is 9.36 Å². The summed E-state index contributed by atoms with van der Waals surface area (Å²) >= 11 is 5.46. The largest absolute Gasteiger partial charge is 0.282 e. The first-order valence-electron chi connectivity index (χ1n) is 4.89. The van der Waals surface area contributed by atoms with Crippen molar-refractivity contribution in [3.05, 3.63) is 46.9 Å². The predicted molar refractivity (Wildman–Crippen MR) is 70.3 cm³/mol. The Morgan fingerprint density at radius 1 is 1.24 bits per heavy atom. The molecule has 0 aliphatic rings. The molecule has 2 heterocycles. The lowest BCUT2D eigenvalue weighted by molar-refractivity contribution is 0.981. The summed E-state index contributed by atoms with van der Waals surface area (Å²) in [7, 11) is 0. The summed E-state index contributed by atoms with van der Waals surface area (Å²) in [4.78, 5) is 13.0. The molecule has 0 aliphatic carbocycles. The molecule has 6 heteroatoms. The van der Waals surface area contributed by atoms with Crippen LogP contribution >= 0.6 is 24.2 Å². The number of benzene rings is 1. The molecular formula is C11H7N3OS2. The van der Waals surface area contributed by atoms with Crippen molar-refractivity contribution in [2.24, 2.45) is 0 Å². The Hall–Kier alpha value is -1.66. The average Bonchev–Trinajstić information content (AvgIpc) is 2.80. The third kappa shape index (κ3) is 1.65. The van der Waals surface area contributed by atoms with Crippen LogP contribution in [0.25, 0.3) is 15.9 Å². The highest BCUT2D eigenvalue weighted by Crippen LogP contribution is 2.18. The second kappa shape index (κ2) is 3.97. The maximum atomic E-state index is 12.2. The Labute approximate surface area is 106 Å². The molecule has 0 aliphatic heterocycles. The molecule has 17 heavy (non-hydrogen) atoms. The predicted octanol–water partition coefficient (Wildman–Crippen LogP) is 2.13. The zero-order valence-electron chi connectivity index (χ0n) is 8.57. The Balaban J connectivity index is 2.35. The molecule has 0 spiro atoms. The molecule has 4 nitrogen and oxygen atoms in total. The fourth-order valence-corrected chi connectivity index (χ4v) is 2.49. The number of aromatic nitrogens is 3. The van der Waals surface area contributed by atoms with Gasteiger partial charge in [0.1, 0.15) is 10.2 Å². The van der Waals surface area contributed by atoms with E-state index in [1.165, 1.54) is 0 Å². The van der Waals surface area contributed by atoms with Gasteiger partial charge in [-0.05, 0) is 29.7 Å². The van der Waals surface area contributed by atoms with Gasteiger partial charge in [-0.2, -0.15) is 0 Å². The number of hydrogen-bond acceptors (Lipinski definition) is 5. The third-order valence-corrected chi connectivity index (χ3v) is 3.56. The van der Waals surface area contributed by atoms with Crippen molar-refractivity contribution in [3.63, 3.8) is 0 Å². The minimum absolute atomic E-state index is 0.112. The third-order valence-electron chi connectivity index (χ3n) is 2.45. The SMILES string of the molecule is O=c1c2snnc2ccn1-c1ccccc1S. The molecular weight excluding hydrogens is 254 g/mol.